The maximum absolute atomic E-state index is 2.50. The number of fused-ring (bicyclic) bond motifs is 2. The highest BCUT2D eigenvalue weighted by Gasteiger charge is 2.37. The lowest BCUT2D eigenvalue weighted by atomic mass is 9.87. The van der Waals surface area contributed by atoms with Gasteiger partial charge >= 0.3 is 0 Å². The first kappa shape index (κ1) is 6.66. The maximum atomic E-state index is 2.50. The van der Waals surface area contributed by atoms with Gasteiger partial charge in [-0.25, -0.2) is 0 Å². The minimum absolute atomic E-state index is 1.02. The quantitative estimate of drug-likeness (QED) is 0.492. The zero-order valence-electron chi connectivity index (χ0n) is 7.01. The van der Waals surface area contributed by atoms with Gasteiger partial charge in [-0.2, -0.15) is 0 Å². The monoisotopic (exact) mass is 139 g/mol. The molecule has 0 aromatic carbocycles. The average Bonchev–Trinajstić information content (AvgIpc) is 2.20. The molecule has 2 aliphatic rings. The predicted molar refractivity (Wildman–Crippen MR) is 42.9 cm³/mol. The summed E-state index contributed by atoms with van der Waals surface area (Å²) in [7, 11) is 2.26. The normalized spacial score (nSPS) is 48.0. The molecule has 0 amide bonds. The molecule has 1 heteroatoms. The Morgan fingerprint density at radius 3 is 2.10 bits per heavy atom. The molecule has 1 aliphatic carbocycles. The number of hydrogen-bond donors (Lipinski definition) is 0. The van der Waals surface area contributed by atoms with Gasteiger partial charge in [-0.05, 0) is 37.6 Å². The average molecular weight is 139 g/mol. The van der Waals surface area contributed by atoms with E-state index in [1.807, 2.05) is 0 Å². The largest absolute Gasteiger partial charge is 0.306 e. The Bertz CT molecular complexity index is 119. The molecule has 2 fully saturated rings. The van der Waals surface area contributed by atoms with E-state index >= 15 is 0 Å². The summed E-state index contributed by atoms with van der Waals surface area (Å²) in [6.07, 6.45) is 2.99. The van der Waals surface area contributed by atoms with Crippen molar-refractivity contribution in [2.75, 3.05) is 20.1 Å². The Morgan fingerprint density at radius 1 is 1.10 bits per heavy atom. The first-order valence-electron chi connectivity index (χ1n) is 4.46. The van der Waals surface area contributed by atoms with Gasteiger partial charge < -0.3 is 4.90 Å². The number of piperidine rings is 1. The second kappa shape index (κ2) is 2.23. The first-order chi connectivity index (χ1) is 4.77. The van der Waals surface area contributed by atoms with Gasteiger partial charge in [0.1, 0.15) is 0 Å². The summed E-state index contributed by atoms with van der Waals surface area (Å²) < 4.78 is 0. The van der Waals surface area contributed by atoms with Crippen molar-refractivity contribution in [1.29, 1.82) is 0 Å². The van der Waals surface area contributed by atoms with E-state index in [1.165, 1.54) is 25.9 Å². The molecule has 1 nitrogen and oxygen atoms in total. The Balaban J connectivity index is 2.09. The fraction of sp³-hybridized carbons (Fsp3) is 1.00. The molecule has 0 radical (unpaired) electrons. The topological polar surface area (TPSA) is 3.24 Å². The van der Waals surface area contributed by atoms with Gasteiger partial charge in [0.25, 0.3) is 0 Å². The molecule has 2 rings (SSSR count). The van der Waals surface area contributed by atoms with Gasteiger partial charge in [0, 0.05) is 13.1 Å². The number of likely N-dealkylation sites (tertiary alicyclic amines) is 1. The van der Waals surface area contributed by atoms with Crippen molar-refractivity contribution in [3.8, 4) is 0 Å². The Labute approximate surface area is 63.4 Å². The third-order valence-corrected chi connectivity index (χ3v) is 3.49. The molecular weight excluding hydrogens is 122 g/mol. The van der Waals surface area contributed by atoms with Gasteiger partial charge in [0.05, 0.1) is 0 Å². The third kappa shape index (κ3) is 0.878. The maximum Gasteiger partial charge on any atom is 0.000938 e. The van der Waals surface area contributed by atoms with Crippen molar-refractivity contribution in [3.63, 3.8) is 0 Å². The highest BCUT2D eigenvalue weighted by atomic mass is 15.1. The summed E-state index contributed by atoms with van der Waals surface area (Å²) in [4.78, 5) is 2.50. The third-order valence-electron chi connectivity index (χ3n) is 3.49. The Morgan fingerprint density at radius 2 is 1.60 bits per heavy atom. The summed E-state index contributed by atoms with van der Waals surface area (Å²) in [5, 5.41) is 0. The number of rotatable bonds is 0. The molecule has 0 aromatic heterocycles. The molecule has 2 bridgehead atoms. The molecule has 1 saturated carbocycles. The van der Waals surface area contributed by atoms with E-state index in [9.17, 15) is 0 Å². The zero-order valence-corrected chi connectivity index (χ0v) is 7.01. The summed E-state index contributed by atoms with van der Waals surface area (Å²) in [6, 6.07) is 0. The van der Waals surface area contributed by atoms with Crippen molar-refractivity contribution in [1.82, 2.24) is 4.90 Å². The van der Waals surface area contributed by atoms with Crippen LogP contribution in [0, 0.1) is 17.8 Å². The Kier molecular flexibility index (Phi) is 1.48. The highest BCUT2D eigenvalue weighted by molar-refractivity contribution is 4.89. The summed E-state index contributed by atoms with van der Waals surface area (Å²) in [5.41, 5.74) is 0. The van der Waals surface area contributed by atoms with E-state index in [4.69, 9.17) is 0 Å². The van der Waals surface area contributed by atoms with Crippen LogP contribution < -0.4 is 0 Å². The van der Waals surface area contributed by atoms with Crippen molar-refractivity contribution in [2.24, 2.45) is 17.8 Å². The van der Waals surface area contributed by atoms with Crippen LogP contribution in [0.5, 0.6) is 0 Å². The summed E-state index contributed by atoms with van der Waals surface area (Å²) in [6.45, 7) is 5.16. The standard InChI is InChI=1S/C9H17N/c1-7-8-3-4-9(7)6-10(2)5-8/h7-9H,3-6H2,1-2H3. The van der Waals surface area contributed by atoms with E-state index in [0.717, 1.165) is 17.8 Å². The highest BCUT2D eigenvalue weighted by Crippen LogP contribution is 2.40. The van der Waals surface area contributed by atoms with Crippen LogP contribution in [0.4, 0.5) is 0 Å². The SMILES string of the molecule is CC1C2CCC1CN(C)C2. The molecule has 10 heavy (non-hydrogen) atoms. The minimum atomic E-state index is 1.02. The summed E-state index contributed by atoms with van der Waals surface area (Å²) in [5.74, 6) is 3.09. The molecule has 0 aromatic rings. The second-order valence-electron chi connectivity index (χ2n) is 4.18. The molecule has 0 spiro atoms. The van der Waals surface area contributed by atoms with Gasteiger partial charge in [-0.1, -0.05) is 6.92 Å². The van der Waals surface area contributed by atoms with E-state index in [0.29, 0.717) is 0 Å². The van der Waals surface area contributed by atoms with E-state index < -0.39 is 0 Å². The Hall–Kier alpha value is -0.0400. The summed E-state index contributed by atoms with van der Waals surface area (Å²) >= 11 is 0. The van der Waals surface area contributed by atoms with Crippen LogP contribution in [0.3, 0.4) is 0 Å². The molecule has 1 aliphatic heterocycles. The van der Waals surface area contributed by atoms with Crippen LogP contribution >= 0.6 is 0 Å². The second-order valence-corrected chi connectivity index (χ2v) is 4.18. The van der Waals surface area contributed by atoms with Crippen LogP contribution in [0.15, 0.2) is 0 Å². The van der Waals surface area contributed by atoms with Crippen molar-refractivity contribution in [3.05, 3.63) is 0 Å². The lowest BCUT2D eigenvalue weighted by molar-refractivity contribution is 0.144. The molecule has 2 unspecified atom stereocenters. The van der Waals surface area contributed by atoms with Gasteiger partial charge in [0.2, 0.25) is 0 Å². The first-order valence-corrected chi connectivity index (χ1v) is 4.46. The molecule has 2 atom stereocenters. The fourth-order valence-corrected chi connectivity index (χ4v) is 2.73. The molecule has 58 valence electrons. The zero-order chi connectivity index (χ0) is 7.14. The molecule has 1 saturated heterocycles. The van der Waals surface area contributed by atoms with Crippen molar-refractivity contribution in [2.45, 2.75) is 19.8 Å². The van der Waals surface area contributed by atoms with E-state index in [1.54, 1.807) is 0 Å². The van der Waals surface area contributed by atoms with Crippen LogP contribution in [0.2, 0.25) is 0 Å². The van der Waals surface area contributed by atoms with E-state index in [2.05, 4.69) is 18.9 Å². The lowest BCUT2D eigenvalue weighted by Gasteiger charge is -2.33. The fourth-order valence-electron chi connectivity index (χ4n) is 2.73. The van der Waals surface area contributed by atoms with Gasteiger partial charge in [0.15, 0.2) is 0 Å². The van der Waals surface area contributed by atoms with Crippen LogP contribution in [0.25, 0.3) is 0 Å². The smallest absolute Gasteiger partial charge is 0.000938 e. The predicted octanol–water partition coefficient (Wildman–Crippen LogP) is 1.59. The minimum Gasteiger partial charge on any atom is -0.306 e. The molecule has 1 heterocycles. The van der Waals surface area contributed by atoms with Crippen molar-refractivity contribution >= 4 is 0 Å². The van der Waals surface area contributed by atoms with Crippen LogP contribution in [-0.2, 0) is 0 Å². The molecule has 0 N–H and O–H groups in total. The van der Waals surface area contributed by atoms with Gasteiger partial charge in [-0.15, -0.1) is 0 Å². The lowest BCUT2D eigenvalue weighted by Crippen LogP contribution is -2.38. The number of hydrogen-bond acceptors (Lipinski definition) is 1. The van der Waals surface area contributed by atoms with Gasteiger partial charge in [-0.3, -0.25) is 0 Å². The molecular formula is C9H17N. The van der Waals surface area contributed by atoms with Crippen LogP contribution in [0.1, 0.15) is 19.8 Å². The van der Waals surface area contributed by atoms with E-state index in [-0.39, 0.29) is 0 Å². The van der Waals surface area contributed by atoms with Crippen molar-refractivity contribution < 1.29 is 0 Å². The number of nitrogens with zero attached hydrogens (tertiary/aromatic N) is 1. The van der Waals surface area contributed by atoms with Crippen LogP contribution in [-0.4, -0.2) is 25.0 Å².